The van der Waals surface area contributed by atoms with E-state index in [9.17, 15) is 4.79 Å². The van der Waals surface area contributed by atoms with Crippen LogP contribution in [0.15, 0.2) is 30.5 Å². The van der Waals surface area contributed by atoms with Gasteiger partial charge in [0, 0.05) is 32.4 Å². The number of rotatable bonds is 4. The molecule has 0 radical (unpaired) electrons. The number of benzene rings is 1. The van der Waals surface area contributed by atoms with Gasteiger partial charge in [0.15, 0.2) is 0 Å². The minimum atomic E-state index is 0.0818. The molecule has 6 nitrogen and oxygen atoms in total. The Balaban J connectivity index is 1.46. The second-order valence-corrected chi connectivity index (χ2v) is 10.5. The van der Waals surface area contributed by atoms with E-state index in [1.165, 1.54) is 37.7 Å². The van der Waals surface area contributed by atoms with Crippen LogP contribution in [0.2, 0.25) is 0 Å². The smallest absolute Gasteiger partial charge is 0.257 e. The zero-order valence-corrected chi connectivity index (χ0v) is 21.9. The zero-order valence-electron chi connectivity index (χ0n) is 21.9. The van der Waals surface area contributed by atoms with Crippen molar-refractivity contribution in [1.82, 2.24) is 19.8 Å². The molecule has 0 unspecified atom stereocenters. The first-order valence-corrected chi connectivity index (χ1v) is 13.5. The average Bonchev–Trinajstić information content (AvgIpc) is 2.85. The fourth-order valence-electron chi connectivity index (χ4n) is 5.71. The van der Waals surface area contributed by atoms with Crippen LogP contribution in [0.1, 0.15) is 79.3 Å². The molecular weight excluding hydrogens is 436 g/mol. The summed E-state index contributed by atoms with van der Waals surface area (Å²) in [4.78, 5) is 26.6. The number of amides is 1. The van der Waals surface area contributed by atoms with E-state index < -0.39 is 0 Å². The Morgan fingerprint density at radius 1 is 1.09 bits per heavy atom. The number of piperidine rings is 1. The maximum absolute atomic E-state index is 13.3. The molecule has 0 atom stereocenters. The van der Waals surface area contributed by atoms with Gasteiger partial charge in [-0.25, -0.2) is 9.97 Å². The summed E-state index contributed by atoms with van der Waals surface area (Å²) >= 11 is 0. The third-order valence-electron chi connectivity index (χ3n) is 7.87. The maximum atomic E-state index is 13.3. The SMILES string of the molecule is CCCCN1CCOc2ccccc2CCCCC2(CCN(C(=O)c3cnc(C)nc3C)CC2)C1. The molecular formula is C29H42N4O2. The number of ether oxygens (including phenoxy) is 1. The lowest BCUT2D eigenvalue weighted by molar-refractivity contribution is 0.0374. The number of hydrogen-bond acceptors (Lipinski definition) is 5. The fraction of sp³-hybridized carbons (Fsp3) is 0.621. The molecule has 0 bridgehead atoms. The van der Waals surface area contributed by atoms with Gasteiger partial charge in [0.25, 0.3) is 5.91 Å². The number of nitrogens with zero attached hydrogens (tertiary/aromatic N) is 4. The molecule has 1 saturated heterocycles. The van der Waals surface area contributed by atoms with E-state index in [4.69, 9.17) is 4.74 Å². The second kappa shape index (κ2) is 12.0. The highest BCUT2D eigenvalue weighted by Crippen LogP contribution is 2.39. The van der Waals surface area contributed by atoms with Crippen LogP contribution < -0.4 is 4.74 Å². The number of carbonyl (C=O) groups excluding carboxylic acids is 1. The van der Waals surface area contributed by atoms with Crippen LogP contribution in [0.25, 0.3) is 0 Å². The van der Waals surface area contributed by atoms with Gasteiger partial charge >= 0.3 is 0 Å². The average molecular weight is 479 g/mol. The van der Waals surface area contributed by atoms with Crippen LogP contribution in [0.3, 0.4) is 0 Å². The maximum Gasteiger partial charge on any atom is 0.257 e. The van der Waals surface area contributed by atoms with E-state index in [0.717, 1.165) is 70.0 Å². The molecule has 0 aliphatic carbocycles. The first kappa shape index (κ1) is 25.6. The largest absolute Gasteiger partial charge is 0.492 e. The number of aryl methyl sites for hydroxylation is 3. The molecule has 1 amide bonds. The van der Waals surface area contributed by atoms with Gasteiger partial charge in [0.05, 0.1) is 11.3 Å². The molecule has 35 heavy (non-hydrogen) atoms. The van der Waals surface area contributed by atoms with Crippen LogP contribution in [0, 0.1) is 19.3 Å². The molecule has 1 spiro atoms. The first-order chi connectivity index (χ1) is 17.0. The lowest BCUT2D eigenvalue weighted by Gasteiger charge is -2.45. The lowest BCUT2D eigenvalue weighted by atomic mass is 9.73. The Hall–Kier alpha value is -2.47. The molecule has 1 fully saturated rings. The van der Waals surface area contributed by atoms with Crippen LogP contribution in [-0.4, -0.2) is 65.0 Å². The highest BCUT2D eigenvalue weighted by molar-refractivity contribution is 5.95. The predicted molar refractivity (Wildman–Crippen MR) is 140 cm³/mol. The van der Waals surface area contributed by atoms with Crippen molar-refractivity contribution >= 4 is 5.91 Å². The Kier molecular flexibility index (Phi) is 8.77. The summed E-state index contributed by atoms with van der Waals surface area (Å²) in [5, 5.41) is 0. The second-order valence-electron chi connectivity index (χ2n) is 10.5. The number of para-hydroxylation sites is 1. The van der Waals surface area contributed by atoms with Crippen LogP contribution in [-0.2, 0) is 6.42 Å². The van der Waals surface area contributed by atoms with Gasteiger partial charge in [-0.15, -0.1) is 0 Å². The molecule has 0 N–H and O–H groups in total. The Labute approximate surface area is 211 Å². The minimum Gasteiger partial charge on any atom is -0.492 e. The summed E-state index contributed by atoms with van der Waals surface area (Å²) in [6.07, 6.45) is 10.9. The van der Waals surface area contributed by atoms with Gasteiger partial charge in [0.1, 0.15) is 18.2 Å². The summed E-state index contributed by atoms with van der Waals surface area (Å²) in [5.74, 6) is 1.85. The highest BCUT2D eigenvalue weighted by atomic mass is 16.5. The normalized spacial score (nSPS) is 19.3. The molecule has 1 aromatic carbocycles. The topological polar surface area (TPSA) is 58.6 Å². The van der Waals surface area contributed by atoms with Crippen molar-refractivity contribution in [3.8, 4) is 5.75 Å². The molecule has 0 saturated carbocycles. The fourth-order valence-corrected chi connectivity index (χ4v) is 5.71. The zero-order chi connectivity index (χ0) is 24.7. The molecule has 2 aliphatic heterocycles. The summed E-state index contributed by atoms with van der Waals surface area (Å²) in [5.41, 5.74) is 3.02. The summed E-state index contributed by atoms with van der Waals surface area (Å²) in [6.45, 7) is 11.6. The van der Waals surface area contributed by atoms with Gasteiger partial charge in [-0.2, -0.15) is 0 Å². The summed E-state index contributed by atoms with van der Waals surface area (Å²) in [7, 11) is 0. The number of hydrogen-bond donors (Lipinski definition) is 0. The van der Waals surface area contributed by atoms with Gasteiger partial charge in [-0.05, 0) is 76.0 Å². The quantitative estimate of drug-likeness (QED) is 0.603. The van der Waals surface area contributed by atoms with Crippen molar-refractivity contribution in [1.29, 1.82) is 0 Å². The third kappa shape index (κ3) is 6.60. The van der Waals surface area contributed by atoms with Gasteiger partial charge in [-0.1, -0.05) is 38.0 Å². The van der Waals surface area contributed by atoms with E-state index in [-0.39, 0.29) is 11.3 Å². The van der Waals surface area contributed by atoms with Crippen molar-refractivity contribution in [2.45, 2.75) is 72.1 Å². The number of likely N-dealkylation sites (tertiary alicyclic amines) is 1. The van der Waals surface area contributed by atoms with Crippen molar-refractivity contribution in [2.75, 3.05) is 39.3 Å². The number of fused-ring (bicyclic) bond motifs is 1. The predicted octanol–water partition coefficient (Wildman–Crippen LogP) is 5.22. The number of unbranched alkanes of at least 4 members (excludes halogenated alkanes) is 1. The lowest BCUT2D eigenvalue weighted by Crippen LogP contribution is -2.49. The Morgan fingerprint density at radius 2 is 1.89 bits per heavy atom. The molecule has 6 heteroatoms. The molecule has 1 aromatic heterocycles. The van der Waals surface area contributed by atoms with Crippen molar-refractivity contribution < 1.29 is 9.53 Å². The van der Waals surface area contributed by atoms with E-state index >= 15 is 0 Å². The van der Waals surface area contributed by atoms with Gasteiger partial charge < -0.3 is 9.64 Å². The molecule has 4 rings (SSSR count). The summed E-state index contributed by atoms with van der Waals surface area (Å²) < 4.78 is 6.26. The highest BCUT2D eigenvalue weighted by Gasteiger charge is 2.37. The van der Waals surface area contributed by atoms with E-state index in [1.54, 1.807) is 6.20 Å². The summed E-state index contributed by atoms with van der Waals surface area (Å²) in [6, 6.07) is 8.53. The van der Waals surface area contributed by atoms with Crippen molar-refractivity contribution in [3.05, 3.63) is 53.1 Å². The van der Waals surface area contributed by atoms with Gasteiger partial charge in [0.2, 0.25) is 0 Å². The van der Waals surface area contributed by atoms with Crippen molar-refractivity contribution in [2.24, 2.45) is 5.41 Å². The van der Waals surface area contributed by atoms with Crippen LogP contribution in [0.5, 0.6) is 5.75 Å². The van der Waals surface area contributed by atoms with E-state index in [1.807, 2.05) is 18.7 Å². The molecule has 2 aliphatic rings. The third-order valence-corrected chi connectivity index (χ3v) is 7.87. The van der Waals surface area contributed by atoms with Crippen molar-refractivity contribution in [3.63, 3.8) is 0 Å². The molecule has 190 valence electrons. The minimum absolute atomic E-state index is 0.0818. The van der Waals surface area contributed by atoms with Crippen LogP contribution >= 0.6 is 0 Å². The van der Waals surface area contributed by atoms with E-state index in [0.29, 0.717) is 11.4 Å². The standard InChI is InChI=1S/C29H42N4O2/c1-4-5-16-32-19-20-35-27-12-7-6-10-25(27)11-8-9-13-29(22-32)14-17-33(18-15-29)28(34)26-21-30-24(3)31-23(26)2/h6-7,10,12,21H,4-5,8-9,11,13-20,22H2,1-3H3. The Bertz CT molecular complexity index is 984. The van der Waals surface area contributed by atoms with E-state index in [2.05, 4.69) is 46.1 Å². The Morgan fingerprint density at radius 3 is 2.66 bits per heavy atom. The molecule has 2 aromatic rings. The van der Waals surface area contributed by atoms with Gasteiger partial charge in [-0.3, -0.25) is 9.69 Å². The number of carbonyl (C=O) groups is 1. The van der Waals surface area contributed by atoms with Crippen LogP contribution in [0.4, 0.5) is 0 Å². The first-order valence-electron chi connectivity index (χ1n) is 13.5. The monoisotopic (exact) mass is 478 g/mol. The number of aromatic nitrogens is 2. The molecule has 3 heterocycles.